The monoisotopic (exact) mass is 713 g/mol. The topological polar surface area (TPSA) is 155 Å². The highest BCUT2D eigenvalue weighted by atomic mass is 15.2. The first-order chi connectivity index (χ1) is 27.0. The highest BCUT2D eigenvalue weighted by Gasteiger charge is 2.19. The van der Waals surface area contributed by atoms with Gasteiger partial charge in [-0.25, -0.2) is 9.97 Å². The number of aromatic amines is 2. The fraction of sp³-hybridized carbons (Fsp3) is 0. The van der Waals surface area contributed by atoms with E-state index in [9.17, 15) is 0 Å². The molecule has 0 spiro atoms. The number of aromatic nitrogens is 4. The second-order valence-electron chi connectivity index (χ2n) is 13.2. The summed E-state index contributed by atoms with van der Waals surface area (Å²) >= 11 is 0. The van der Waals surface area contributed by atoms with Crippen LogP contribution in [0.1, 0.15) is 22.8 Å². The van der Waals surface area contributed by atoms with Gasteiger partial charge in [0, 0.05) is 50.0 Å². The quantitative estimate of drug-likeness (QED) is 0.0698. The zero-order chi connectivity index (χ0) is 37.3. The fourth-order valence-electron chi connectivity index (χ4n) is 7.27. The molecule has 4 aromatic carbocycles. The predicted octanol–water partition coefficient (Wildman–Crippen LogP) is 10.2. The van der Waals surface area contributed by atoms with E-state index in [1.54, 1.807) is 0 Å². The molecule has 3 aromatic heterocycles. The summed E-state index contributed by atoms with van der Waals surface area (Å²) in [7, 11) is 0. The van der Waals surface area contributed by atoms with Gasteiger partial charge in [0.15, 0.2) is 11.9 Å². The van der Waals surface area contributed by atoms with E-state index in [2.05, 4.69) is 118 Å². The Morgan fingerprint density at radius 3 is 1.09 bits per heavy atom. The molecule has 0 radical (unpaired) electrons. The number of fused-ring (bicyclic) bond motifs is 8. The maximum Gasteiger partial charge on any atom is 0.199 e. The third-order valence-electron chi connectivity index (χ3n) is 9.64. The molecule has 0 unspecified atom stereocenters. The van der Waals surface area contributed by atoms with Crippen molar-refractivity contribution in [1.82, 2.24) is 25.3 Å². The van der Waals surface area contributed by atoms with E-state index >= 15 is 0 Å². The Kier molecular flexibility index (Phi) is 8.41. The Balaban J connectivity index is 1.38. The largest absolute Gasteiger partial charge is 0.370 e. The summed E-state index contributed by atoms with van der Waals surface area (Å²) in [4.78, 5) is 18.3. The van der Waals surface area contributed by atoms with E-state index in [-0.39, 0.29) is 11.9 Å². The lowest BCUT2D eigenvalue weighted by Crippen LogP contribution is -2.39. The van der Waals surface area contributed by atoms with Gasteiger partial charge in [-0.2, -0.15) is 0 Å². The normalized spacial score (nSPS) is 11.7. The van der Waals surface area contributed by atoms with Crippen molar-refractivity contribution in [2.75, 3.05) is 5.32 Å². The van der Waals surface area contributed by atoms with Gasteiger partial charge >= 0.3 is 0 Å². The first kappa shape index (κ1) is 33.1. The van der Waals surface area contributed by atoms with E-state index < -0.39 is 0 Å². The number of rotatable bonds is 5. The number of hydrogen-bond donors (Lipinski definition) is 7. The number of nitrogens with zero attached hydrogens (tertiary/aromatic N) is 2. The molecule has 8 bridgehead atoms. The molecule has 9 nitrogen and oxygen atoms in total. The lowest BCUT2D eigenvalue weighted by molar-refractivity contribution is 1.20. The molecule has 9 rings (SSSR count). The van der Waals surface area contributed by atoms with Crippen molar-refractivity contribution < 1.29 is 0 Å². The van der Waals surface area contributed by atoms with E-state index in [0.29, 0.717) is 5.69 Å². The first-order valence-electron chi connectivity index (χ1n) is 17.9. The number of hydrogen-bond acceptors (Lipinski definition) is 4. The smallest absolute Gasteiger partial charge is 0.199 e. The highest BCUT2D eigenvalue weighted by molar-refractivity contribution is 6.03. The van der Waals surface area contributed by atoms with Crippen LogP contribution in [0.25, 0.3) is 90.9 Å². The van der Waals surface area contributed by atoms with Crippen molar-refractivity contribution in [2.24, 2.45) is 5.73 Å². The second kappa shape index (κ2) is 14.0. The van der Waals surface area contributed by atoms with Crippen molar-refractivity contribution in [3.05, 3.63) is 162 Å². The molecule has 9 heteroatoms. The minimum Gasteiger partial charge on any atom is -0.370 e. The Morgan fingerprint density at radius 2 is 0.764 bits per heavy atom. The lowest BCUT2D eigenvalue weighted by Gasteiger charge is -2.10. The average molecular weight is 714 g/mol. The molecule has 5 heterocycles. The number of nitrogens with one attached hydrogen (secondary N) is 6. The molecule has 2 aliphatic heterocycles. The summed E-state index contributed by atoms with van der Waals surface area (Å²) in [5.41, 5.74) is 21.1. The molecular formula is C46H35N9. The summed E-state index contributed by atoms with van der Waals surface area (Å²) in [6, 6.07) is 47.4. The third-order valence-corrected chi connectivity index (χ3v) is 9.64. The minimum absolute atomic E-state index is 0.0906. The van der Waals surface area contributed by atoms with Crippen LogP contribution in [0.3, 0.4) is 0 Å². The highest BCUT2D eigenvalue weighted by Crippen LogP contribution is 2.38. The molecule has 0 fully saturated rings. The van der Waals surface area contributed by atoms with Crippen molar-refractivity contribution in [1.29, 1.82) is 10.8 Å². The molecule has 0 atom stereocenters. The molecule has 0 aliphatic carbocycles. The van der Waals surface area contributed by atoms with Crippen LogP contribution in [0.5, 0.6) is 0 Å². The number of H-pyrrole nitrogens is 2. The Labute approximate surface area is 317 Å². The first-order valence-corrected chi connectivity index (χ1v) is 17.9. The van der Waals surface area contributed by atoms with Crippen LogP contribution in [0.2, 0.25) is 0 Å². The number of anilines is 1. The van der Waals surface area contributed by atoms with Gasteiger partial charge in [-0.3, -0.25) is 16.1 Å². The average Bonchev–Trinajstić information content (AvgIpc) is 4.04. The zero-order valence-corrected chi connectivity index (χ0v) is 29.6. The van der Waals surface area contributed by atoms with Gasteiger partial charge in [-0.15, -0.1) is 0 Å². The van der Waals surface area contributed by atoms with Gasteiger partial charge in [-0.1, -0.05) is 103 Å². The predicted molar refractivity (Wildman–Crippen MR) is 227 cm³/mol. The van der Waals surface area contributed by atoms with Crippen LogP contribution in [0.15, 0.2) is 140 Å². The van der Waals surface area contributed by atoms with Crippen LogP contribution < -0.4 is 16.4 Å². The molecule has 8 N–H and O–H groups in total. The SMILES string of the molecule is N=C(N)NC(=N)Nc1ccc(-c2c3nc(c(-c4ccccc4)c4ccc([nH]4)c(-c4ccccc4)c4nc(c(-c5ccccc5)c5ccc2[nH]5)C=C4)C=C3)cc1. The van der Waals surface area contributed by atoms with E-state index in [1.807, 2.05) is 66.7 Å². The Bertz CT molecular complexity index is 2790. The van der Waals surface area contributed by atoms with Gasteiger partial charge in [0.1, 0.15) is 0 Å². The van der Waals surface area contributed by atoms with Crippen LogP contribution in [-0.2, 0) is 0 Å². The summed E-state index contributed by atoms with van der Waals surface area (Å²) in [5, 5.41) is 21.0. The lowest BCUT2D eigenvalue weighted by atomic mass is 10.0. The van der Waals surface area contributed by atoms with Gasteiger partial charge in [-0.05, 0) is 83.0 Å². The van der Waals surface area contributed by atoms with Crippen molar-refractivity contribution >= 4 is 64.0 Å². The number of benzene rings is 4. The van der Waals surface area contributed by atoms with Crippen molar-refractivity contribution in [3.63, 3.8) is 0 Å². The summed E-state index contributed by atoms with van der Waals surface area (Å²) < 4.78 is 0. The van der Waals surface area contributed by atoms with Crippen molar-refractivity contribution in [3.8, 4) is 44.5 Å². The molecule has 0 saturated carbocycles. The third kappa shape index (κ3) is 6.47. The molecule has 0 amide bonds. The number of guanidine groups is 2. The number of nitrogens with two attached hydrogens (primary N) is 1. The summed E-state index contributed by atoms with van der Waals surface area (Å²) in [6.07, 6.45) is 8.36. The van der Waals surface area contributed by atoms with Crippen LogP contribution in [0, 0.1) is 10.8 Å². The molecule has 55 heavy (non-hydrogen) atoms. The summed E-state index contributed by atoms with van der Waals surface area (Å²) in [6.45, 7) is 0. The minimum atomic E-state index is -0.312. The Morgan fingerprint density at radius 1 is 0.436 bits per heavy atom. The molecular weight excluding hydrogens is 679 g/mol. The Hall–Kier alpha value is -7.78. The molecule has 7 aromatic rings. The van der Waals surface area contributed by atoms with Gasteiger partial charge in [0.25, 0.3) is 0 Å². The van der Waals surface area contributed by atoms with Crippen molar-refractivity contribution in [2.45, 2.75) is 0 Å². The molecule has 0 saturated heterocycles. The zero-order valence-electron chi connectivity index (χ0n) is 29.6. The summed E-state index contributed by atoms with van der Waals surface area (Å²) in [5.74, 6) is -0.402. The molecule has 2 aliphatic rings. The van der Waals surface area contributed by atoms with Crippen LogP contribution in [0.4, 0.5) is 5.69 Å². The molecule has 264 valence electrons. The van der Waals surface area contributed by atoms with Gasteiger partial charge < -0.3 is 21.0 Å². The van der Waals surface area contributed by atoms with Crippen LogP contribution in [-0.4, -0.2) is 31.9 Å². The second-order valence-corrected chi connectivity index (χ2v) is 13.2. The fourth-order valence-corrected chi connectivity index (χ4v) is 7.27. The van der Waals surface area contributed by atoms with Gasteiger partial charge in [0.2, 0.25) is 0 Å². The standard InChI is InChI=1S/C46H35N9/c47-45(48)55-46(49)50-32-18-16-31(17-19-32)44-39-26-24-37(53-39)42(29-12-6-2-7-13-29)35-22-20-33(51-35)41(28-10-4-1-5-11-28)34-21-23-36(52-34)43(30-14-8-3-9-15-30)38-25-27-40(44)54-38/h1-27,51,54H,(H6,47,48,49,50,55). The van der Waals surface area contributed by atoms with E-state index in [4.69, 9.17) is 26.5 Å². The maximum absolute atomic E-state index is 8.10. The van der Waals surface area contributed by atoms with E-state index in [1.165, 1.54) is 0 Å². The van der Waals surface area contributed by atoms with Gasteiger partial charge in [0.05, 0.1) is 22.8 Å². The van der Waals surface area contributed by atoms with Crippen LogP contribution >= 0.6 is 0 Å². The van der Waals surface area contributed by atoms with E-state index in [0.717, 1.165) is 89.4 Å². The maximum atomic E-state index is 8.10.